The molecule has 0 aliphatic carbocycles. The van der Waals surface area contributed by atoms with E-state index in [1.807, 2.05) is 48.2 Å². The van der Waals surface area contributed by atoms with Crippen LogP contribution in [0.2, 0.25) is 0 Å². The van der Waals surface area contributed by atoms with E-state index in [9.17, 15) is 4.79 Å². The molecule has 2 fully saturated rings. The molecule has 6 heteroatoms. The normalized spacial score (nSPS) is 18.8. The molecule has 1 aromatic heterocycles. The summed E-state index contributed by atoms with van der Waals surface area (Å²) in [7, 11) is 0. The van der Waals surface area contributed by atoms with Gasteiger partial charge in [0.15, 0.2) is 6.29 Å². The number of carbonyl (C=O) groups is 1. The van der Waals surface area contributed by atoms with Crippen molar-refractivity contribution in [3.63, 3.8) is 0 Å². The first-order chi connectivity index (χ1) is 13.1. The maximum atomic E-state index is 13.0. The summed E-state index contributed by atoms with van der Waals surface area (Å²) in [5.41, 5.74) is 3.35. The highest BCUT2D eigenvalue weighted by Crippen LogP contribution is 2.27. The number of rotatable bonds is 3. The number of hydrogen-bond donors (Lipinski definition) is 0. The van der Waals surface area contributed by atoms with E-state index in [2.05, 4.69) is 20.9 Å². The van der Waals surface area contributed by atoms with Crippen molar-refractivity contribution in [3.8, 4) is 11.3 Å². The average molecular weight is 431 g/mol. The van der Waals surface area contributed by atoms with Gasteiger partial charge in [-0.15, -0.1) is 0 Å². The number of amides is 1. The average Bonchev–Trinajstić information content (AvgIpc) is 3.22. The van der Waals surface area contributed by atoms with Crippen LogP contribution in [0.15, 0.2) is 40.9 Å². The summed E-state index contributed by atoms with van der Waals surface area (Å²) in [6.45, 7) is 4.73. The van der Waals surface area contributed by atoms with Crippen LogP contribution in [0, 0.1) is 12.8 Å². The number of ether oxygens (including phenoxy) is 2. The Kier molecular flexibility index (Phi) is 5.57. The minimum absolute atomic E-state index is 0.0625. The van der Waals surface area contributed by atoms with Crippen LogP contribution < -0.4 is 0 Å². The molecule has 0 radical (unpaired) electrons. The number of aryl methyl sites for hydroxylation is 1. The summed E-state index contributed by atoms with van der Waals surface area (Å²) in [5.74, 6) is 0.446. The van der Waals surface area contributed by atoms with Gasteiger partial charge in [0, 0.05) is 29.0 Å². The summed E-state index contributed by atoms with van der Waals surface area (Å²) in [5, 5.41) is 0. The molecule has 0 bridgehead atoms. The predicted octanol–water partition coefficient (Wildman–Crippen LogP) is 4.04. The fourth-order valence-corrected chi connectivity index (χ4v) is 4.19. The third kappa shape index (κ3) is 4.08. The number of aromatic nitrogens is 1. The standard InChI is InChI=1S/C21H23BrN2O3/c1-14-18(5-6-19(23-14)16-3-2-4-17(22)13-16)20(25)24-9-7-15(8-10-24)21-26-11-12-27-21/h2-6,13,15,21H,7-12H2,1H3. The number of piperidine rings is 1. The van der Waals surface area contributed by atoms with E-state index < -0.39 is 0 Å². The summed E-state index contributed by atoms with van der Waals surface area (Å²) in [6.07, 6.45) is 1.74. The highest BCUT2D eigenvalue weighted by atomic mass is 79.9. The second-order valence-corrected chi connectivity index (χ2v) is 8.00. The zero-order valence-electron chi connectivity index (χ0n) is 15.4. The van der Waals surface area contributed by atoms with E-state index in [-0.39, 0.29) is 12.2 Å². The summed E-state index contributed by atoms with van der Waals surface area (Å²) in [4.78, 5) is 19.6. The summed E-state index contributed by atoms with van der Waals surface area (Å²) >= 11 is 3.49. The topological polar surface area (TPSA) is 51.7 Å². The molecule has 1 amide bonds. The van der Waals surface area contributed by atoms with Gasteiger partial charge in [-0.25, -0.2) is 0 Å². The Hall–Kier alpha value is -1.76. The van der Waals surface area contributed by atoms with Gasteiger partial charge >= 0.3 is 0 Å². The van der Waals surface area contributed by atoms with Gasteiger partial charge in [0.05, 0.1) is 30.2 Å². The number of pyridine rings is 1. The minimum Gasteiger partial charge on any atom is -0.350 e. The monoisotopic (exact) mass is 430 g/mol. The van der Waals surface area contributed by atoms with E-state index in [4.69, 9.17) is 9.47 Å². The molecular formula is C21H23BrN2O3. The molecule has 0 spiro atoms. The van der Waals surface area contributed by atoms with Gasteiger partial charge in [-0.2, -0.15) is 0 Å². The Labute approximate surface area is 167 Å². The summed E-state index contributed by atoms with van der Waals surface area (Å²) < 4.78 is 12.2. The molecule has 0 atom stereocenters. The maximum absolute atomic E-state index is 13.0. The highest BCUT2D eigenvalue weighted by Gasteiger charge is 2.32. The van der Waals surface area contributed by atoms with Gasteiger partial charge < -0.3 is 14.4 Å². The van der Waals surface area contributed by atoms with Crippen molar-refractivity contribution in [3.05, 3.63) is 52.1 Å². The lowest BCUT2D eigenvalue weighted by atomic mass is 9.95. The number of halogens is 1. The number of carbonyl (C=O) groups excluding carboxylic acids is 1. The quantitative estimate of drug-likeness (QED) is 0.736. The summed E-state index contributed by atoms with van der Waals surface area (Å²) in [6, 6.07) is 11.8. The minimum atomic E-state index is -0.0878. The number of nitrogens with zero attached hydrogens (tertiary/aromatic N) is 2. The van der Waals surface area contributed by atoms with Crippen LogP contribution in [-0.4, -0.2) is 48.4 Å². The van der Waals surface area contributed by atoms with Gasteiger partial charge in [0.2, 0.25) is 0 Å². The van der Waals surface area contributed by atoms with Gasteiger partial charge in [-0.1, -0.05) is 28.1 Å². The third-order valence-corrected chi connectivity index (χ3v) is 5.79. The van der Waals surface area contributed by atoms with Gasteiger partial charge in [-0.05, 0) is 44.0 Å². The Morgan fingerprint density at radius 1 is 1.15 bits per heavy atom. The molecule has 5 nitrogen and oxygen atoms in total. The largest absolute Gasteiger partial charge is 0.350 e. The number of likely N-dealkylation sites (tertiary alicyclic amines) is 1. The molecule has 4 rings (SSSR count). The van der Waals surface area contributed by atoms with Crippen LogP contribution in [0.4, 0.5) is 0 Å². The molecule has 2 saturated heterocycles. The highest BCUT2D eigenvalue weighted by molar-refractivity contribution is 9.10. The van der Waals surface area contributed by atoms with Crippen molar-refractivity contribution in [1.82, 2.24) is 9.88 Å². The second-order valence-electron chi connectivity index (χ2n) is 7.08. The van der Waals surface area contributed by atoms with Gasteiger partial charge in [0.1, 0.15) is 0 Å². The molecule has 27 heavy (non-hydrogen) atoms. The van der Waals surface area contributed by atoms with E-state index >= 15 is 0 Å². The molecule has 142 valence electrons. The molecule has 2 aliphatic heterocycles. The van der Waals surface area contributed by atoms with Crippen molar-refractivity contribution in [1.29, 1.82) is 0 Å². The number of hydrogen-bond acceptors (Lipinski definition) is 4. The van der Waals surface area contributed by atoms with E-state index in [0.717, 1.165) is 47.4 Å². The first-order valence-corrected chi connectivity index (χ1v) is 10.2. The predicted molar refractivity (Wildman–Crippen MR) is 106 cm³/mol. The smallest absolute Gasteiger partial charge is 0.255 e. The zero-order chi connectivity index (χ0) is 18.8. The van der Waals surface area contributed by atoms with Crippen molar-refractivity contribution in [2.24, 2.45) is 5.92 Å². The molecule has 3 heterocycles. The van der Waals surface area contributed by atoms with Crippen molar-refractivity contribution in [2.75, 3.05) is 26.3 Å². The van der Waals surface area contributed by atoms with Gasteiger partial charge in [0.25, 0.3) is 5.91 Å². The van der Waals surface area contributed by atoms with Crippen molar-refractivity contribution < 1.29 is 14.3 Å². The van der Waals surface area contributed by atoms with Crippen LogP contribution in [0.1, 0.15) is 28.9 Å². The molecule has 0 unspecified atom stereocenters. The molecule has 2 aliphatic rings. The fourth-order valence-electron chi connectivity index (χ4n) is 3.79. The van der Waals surface area contributed by atoms with Crippen LogP contribution in [0.25, 0.3) is 11.3 Å². The molecule has 0 saturated carbocycles. The van der Waals surface area contributed by atoms with Crippen LogP contribution in [-0.2, 0) is 9.47 Å². The zero-order valence-corrected chi connectivity index (χ0v) is 16.9. The first kappa shape index (κ1) is 18.6. The van der Waals surface area contributed by atoms with Crippen molar-refractivity contribution >= 4 is 21.8 Å². The van der Waals surface area contributed by atoms with Gasteiger partial charge in [-0.3, -0.25) is 9.78 Å². The van der Waals surface area contributed by atoms with Crippen LogP contribution >= 0.6 is 15.9 Å². The van der Waals surface area contributed by atoms with E-state index in [1.165, 1.54) is 0 Å². The Bertz CT molecular complexity index is 828. The fraction of sp³-hybridized carbons (Fsp3) is 0.429. The third-order valence-electron chi connectivity index (χ3n) is 5.30. The lowest BCUT2D eigenvalue weighted by Crippen LogP contribution is -2.41. The Balaban J connectivity index is 1.44. The van der Waals surface area contributed by atoms with Crippen LogP contribution in [0.5, 0.6) is 0 Å². The van der Waals surface area contributed by atoms with E-state index in [1.54, 1.807) is 0 Å². The second kappa shape index (κ2) is 8.09. The lowest BCUT2D eigenvalue weighted by Gasteiger charge is -2.34. The molecule has 2 aromatic rings. The van der Waals surface area contributed by atoms with Crippen molar-refractivity contribution in [2.45, 2.75) is 26.1 Å². The van der Waals surface area contributed by atoms with Crippen LogP contribution in [0.3, 0.4) is 0 Å². The Morgan fingerprint density at radius 3 is 2.56 bits per heavy atom. The number of benzene rings is 1. The first-order valence-electron chi connectivity index (χ1n) is 9.38. The lowest BCUT2D eigenvalue weighted by molar-refractivity contribution is -0.0956. The molecule has 1 aromatic carbocycles. The molecule has 0 N–H and O–H groups in total. The molecular weight excluding hydrogens is 408 g/mol. The Morgan fingerprint density at radius 2 is 1.89 bits per heavy atom. The van der Waals surface area contributed by atoms with E-state index in [0.29, 0.717) is 24.7 Å². The SMILES string of the molecule is Cc1nc(-c2cccc(Br)c2)ccc1C(=O)N1CCC(C2OCCO2)CC1. The maximum Gasteiger partial charge on any atom is 0.255 e.